The summed E-state index contributed by atoms with van der Waals surface area (Å²) in [6.07, 6.45) is 2.96. The minimum atomic E-state index is -1.30. The number of hydrogen-bond donors (Lipinski definition) is 10. The van der Waals surface area contributed by atoms with Gasteiger partial charge in [0.1, 0.15) is 18.1 Å². The maximum absolute atomic E-state index is 13.2. The van der Waals surface area contributed by atoms with Crippen LogP contribution in [0.25, 0.3) is 0 Å². The first-order chi connectivity index (χ1) is 17.4. The van der Waals surface area contributed by atoms with E-state index in [1.165, 1.54) is 12.5 Å². The Morgan fingerprint density at radius 1 is 1.00 bits per heavy atom. The average Bonchev–Trinajstić information content (AvgIpc) is 3.34. The maximum Gasteiger partial charge on any atom is 0.327 e. The van der Waals surface area contributed by atoms with Crippen LogP contribution in [0.3, 0.4) is 0 Å². The number of aromatic amines is 1. The molecular formula is C20H34N10O6S. The van der Waals surface area contributed by atoms with E-state index in [4.69, 9.17) is 22.9 Å². The van der Waals surface area contributed by atoms with Crippen molar-refractivity contribution in [3.05, 3.63) is 18.2 Å². The van der Waals surface area contributed by atoms with Gasteiger partial charge in [-0.15, -0.1) is 0 Å². The molecule has 16 nitrogen and oxygen atoms in total. The molecule has 4 amide bonds. The largest absolute Gasteiger partial charge is 0.480 e. The number of aliphatic imine (C=N–C) groups is 1. The highest BCUT2D eigenvalue weighted by molar-refractivity contribution is 7.80. The van der Waals surface area contributed by atoms with Crippen LogP contribution in [0.15, 0.2) is 17.5 Å². The fraction of sp³-hybridized carbons (Fsp3) is 0.550. The first-order valence-electron chi connectivity index (χ1n) is 11.3. The molecule has 0 radical (unpaired) electrons. The third kappa shape index (κ3) is 12.1. The molecule has 0 aliphatic carbocycles. The van der Waals surface area contributed by atoms with E-state index in [-0.39, 0.29) is 50.4 Å². The van der Waals surface area contributed by atoms with Gasteiger partial charge in [0, 0.05) is 37.0 Å². The standard InChI is InChI=1S/C20H34N10O6S/c21-11(3-4-15(22)31)16(32)29-13(6-10-7-25-9-27-10)18(34)28-12(2-1-5-26-20(23)24)17(33)30-14(8-37)19(35)36/h7,9,11-14,37H,1-6,8,21H2,(H2,22,31)(H,25,27)(H,28,34)(H,29,32)(H,30,33)(H,35,36)(H4,23,24,26). The molecule has 1 rings (SSSR count). The predicted molar refractivity (Wildman–Crippen MR) is 136 cm³/mol. The van der Waals surface area contributed by atoms with Crippen molar-refractivity contribution in [3.63, 3.8) is 0 Å². The molecule has 4 atom stereocenters. The number of thiol groups is 1. The third-order valence-corrected chi connectivity index (χ3v) is 5.39. The topological polar surface area (TPSA) is 287 Å². The van der Waals surface area contributed by atoms with E-state index < -0.39 is 53.8 Å². The number of rotatable bonds is 17. The molecule has 1 aromatic heterocycles. The Labute approximate surface area is 218 Å². The molecule has 13 N–H and O–H groups in total. The summed E-state index contributed by atoms with van der Waals surface area (Å²) in [5.41, 5.74) is 22.0. The molecule has 0 aromatic carbocycles. The van der Waals surface area contributed by atoms with Gasteiger partial charge in [-0.3, -0.25) is 24.2 Å². The summed E-state index contributed by atoms with van der Waals surface area (Å²) in [5, 5.41) is 16.6. The van der Waals surface area contributed by atoms with Gasteiger partial charge in [0.2, 0.25) is 23.6 Å². The van der Waals surface area contributed by atoms with Crippen molar-refractivity contribution in [1.29, 1.82) is 0 Å². The number of nitrogens with one attached hydrogen (secondary N) is 4. The van der Waals surface area contributed by atoms with Crippen molar-refractivity contribution in [3.8, 4) is 0 Å². The van der Waals surface area contributed by atoms with Gasteiger partial charge in [-0.25, -0.2) is 9.78 Å². The first-order valence-corrected chi connectivity index (χ1v) is 11.9. The fourth-order valence-corrected chi connectivity index (χ4v) is 3.28. The number of carboxylic acids is 1. The Bertz CT molecular complexity index is 953. The zero-order chi connectivity index (χ0) is 28.0. The number of amides is 4. The van der Waals surface area contributed by atoms with Crippen LogP contribution in [0.5, 0.6) is 0 Å². The van der Waals surface area contributed by atoms with Crippen LogP contribution < -0.4 is 38.9 Å². The predicted octanol–water partition coefficient (Wildman–Crippen LogP) is -3.93. The molecule has 1 heterocycles. The Balaban J connectivity index is 3.05. The zero-order valence-electron chi connectivity index (χ0n) is 20.1. The van der Waals surface area contributed by atoms with Crippen LogP contribution in [0.1, 0.15) is 31.4 Å². The molecule has 0 spiro atoms. The lowest BCUT2D eigenvalue weighted by atomic mass is 10.1. The van der Waals surface area contributed by atoms with E-state index in [1.807, 2.05) is 0 Å². The summed E-state index contributed by atoms with van der Waals surface area (Å²) >= 11 is 3.92. The second-order valence-corrected chi connectivity index (χ2v) is 8.41. The first kappa shape index (κ1) is 31.2. The van der Waals surface area contributed by atoms with Gasteiger partial charge in [-0.05, 0) is 19.3 Å². The zero-order valence-corrected chi connectivity index (χ0v) is 20.9. The number of guanidine groups is 1. The van der Waals surface area contributed by atoms with Crippen LogP contribution in [-0.2, 0) is 30.4 Å². The van der Waals surface area contributed by atoms with Crippen molar-refractivity contribution >= 4 is 48.2 Å². The van der Waals surface area contributed by atoms with E-state index in [1.54, 1.807) is 0 Å². The fourth-order valence-electron chi connectivity index (χ4n) is 3.04. The maximum atomic E-state index is 13.2. The molecule has 4 unspecified atom stereocenters. The van der Waals surface area contributed by atoms with Crippen molar-refractivity contribution in [2.45, 2.75) is 56.3 Å². The summed E-state index contributed by atoms with van der Waals surface area (Å²) in [6, 6.07) is -4.79. The van der Waals surface area contributed by atoms with Crippen molar-refractivity contribution < 1.29 is 29.1 Å². The molecule has 0 saturated heterocycles. The van der Waals surface area contributed by atoms with E-state index >= 15 is 0 Å². The number of aromatic nitrogens is 2. The molecule has 37 heavy (non-hydrogen) atoms. The molecule has 0 aliphatic heterocycles. The van der Waals surface area contributed by atoms with Crippen LogP contribution >= 0.6 is 12.6 Å². The van der Waals surface area contributed by atoms with E-state index in [2.05, 4.69) is 43.5 Å². The van der Waals surface area contributed by atoms with Crippen LogP contribution in [-0.4, -0.2) is 87.1 Å². The number of primary amides is 1. The monoisotopic (exact) mass is 542 g/mol. The van der Waals surface area contributed by atoms with Gasteiger partial charge >= 0.3 is 5.97 Å². The normalized spacial score (nSPS) is 13.9. The summed E-state index contributed by atoms with van der Waals surface area (Å²) in [6.45, 7) is 0.153. The number of carbonyl (C=O) groups excluding carboxylic acids is 4. The van der Waals surface area contributed by atoms with E-state index in [9.17, 15) is 29.1 Å². The number of carboxylic acid groups (broad SMARTS) is 1. The summed E-state index contributed by atoms with van der Waals surface area (Å²) in [4.78, 5) is 71.4. The second-order valence-electron chi connectivity index (χ2n) is 8.05. The minimum absolute atomic E-state index is 0.0309. The number of aliphatic carboxylic acids is 1. The molecule has 0 aliphatic rings. The van der Waals surface area contributed by atoms with Gasteiger partial charge in [-0.1, -0.05) is 0 Å². The number of nitrogens with two attached hydrogens (primary N) is 4. The SMILES string of the molecule is NC(=O)CCC(N)C(=O)NC(Cc1cnc[nH]1)C(=O)NC(CCCN=C(N)N)C(=O)NC(CS)C(=O)O. The van der Waals surface area contributed by atoms with Gasteiger partial charge in [-0.2, -0.15) is 12.6 Å². The quantitative estimate of drug-likeness (QED) is 0.0394. The number of nitrogens with zero attached hydrogens (tertiary/aromatic N) is 2. The molecule has 17 heteroatoms. The van der Waals surface area contributed by atoms with E-state index in [0.717, 1.165) is 0 Å². The third-order valence-electron chi connectivity index (χ3n) is 5.03. The summed E-state index contributed by atoms with van der Waals surface area (Å²) in [7, 11) is 0. The van der Waals surface area contributed by atoms with Crippen molar-refractivity contribution in [2.24, 2.45) is 27.9 Å². The van der Waals surface area contributed by atoms with Gasteiger partial charge < -0.3 is 49.0 Å². The lowest BCUT2D eigenvalue weighted by Gasteiger charge is -2.25. The van der Waals surface area contributed by atoms with Crippen LogP contribution in [0.4, 0.5) is 0 Å². The molecule has 0 bridgehead atoms. The summed E-state index contributed by atoms with van der Waals surface area (Å²) < 4.78 is 0. The Kier molecular flexibility index (Phi) is 13.5. The highest BCUT2D eigenvalue weighted by atomic mass is 32.1. The minimum Gasteiger partial charge on any atom is -0.480 e. The van der Waals surface area contributed by atoms with Crippen molar-refractivity contribution in [2.75, 3.05) is 12.3 Å². The van der Waals surface area contributed by atoms with Gasteiger partial charge in [0.15, 0.2) is 5.96 Å². The van der Waals surface area contributed by atoms with Crippen LogP contribution in [0, 0.1) is 0 Å². The number of carbonyl (C=O) groups is 5. The van der Waals surface area contributed by atoms with E-state index in [0.29, 0.717) is 5.69 Å². The molecule has 0 fully saturated rings. The number of imidazole rings is 1. The number of H-pyrrole nitrogens is 1. The molecular weight excluding hydrogens is 508 g/mol. The van der Waals surface area contributed by atoms with Crippen LogP contribution in [0.2, 0.25) is 0 Å². The Morgan fingerprint density at radius 3 is 2.16 bits per heavy atom. The van der Waals surface area contributed by atoms with Gasteiger partial charge in [0.25, 0.3) is 0 Å². The Hall–Kier alpha value is -3.86. The number of hydrogen-bond acceptors (Lipinski definition) is 9. The molecule has 0 saturated carbocycles. The Morgan fingerprint density at radius 2 is 1.62 bits per heavy atom. The molecule has 206 valence electrons. The average molecular weight is 543 g/mol. The second kappa shape index (κ2) is 16.0. The highest BCUT2D eigenvalue weighted by Gasteiger charge is 2.30. The van der Waals surface area contributed by atoms with Gasteiger partial charge in [0.05, 0.1) is 12.4 Å². The lowest BCUT2D eigenvalue weighted by Crippen LogP contribution is -2.57. The molecule has 1 aromatic rings. The summed E-state index contributed by atoms with van der Waals surface area (Å²) in [5.74, 6) is -4.50. The smallest absolute Gasteiger partial charge is 0.327 e. The highest BCUT2D eigenvalue weighted by Crippen LogP contribution is 2.05. The van der Waals surface area contributed by atoms with Crippen molar-refractivity contribution in [1.82, 2.24) is 25.9 Å². The lowest BCUT2D eigenvalue weighted by molar-refractivity contribution is -0.141.